The van der Waals surface area contributed by atoms with Crippen LogP contribution in [0.5, 0.6) is 0 Å². The highest BCUT2D eigenvalue weighted by Gasteiger charge is 2.08. The predicted octanol–water partition coefficient (Wildman–Crippen LogP) is 3.89. The fourth-order valence-electron chi connectivity index (χ4n) is 2.20. The van der Waals surface area contributed by atoms with E-state index >= 15 is 0 Å². The van der Waals surface area contributed by atoms with E-state index in [1.165, 1.54) is 6.07 Å². The van der Waals surface area contributed by atoms with Crippen LogP contribution in [-0.2, 0) is 13.1 Å². The Morgan fingerprint density at radius 1 is 1.35 bits per heavy atom. The number of fused-ring (bicyclic) bond motifs is 1. The van der Waals surface area contributed by atoms with Crippen LogP contribution in [0.4, 0.5) is 4.39 Å². The lowest BCUT2D eigenvalue weighted by atomic mass is 10.3. The molecular formula is C13H12BrFN4S. The third-order valence-electron chi connectivity index (χ3n) is 3.14. The van der Waals surface area contributed by atoms with Gasteiger partial charge in [0.05, 0.1) is 15.5 Å². The first kappa shape index (κ1) is 13.5. The Morgan fingerprint density at radius 2 is 2.20 bits per heavy atom. The van der Waals surface area contributed by atoms with E-state index in [4.69, 9.17) is 12.2 Å². The first-order valence-electron chi connectivity index (χ1n) is 6.20. The summed E-state index contributed by atoms with van der Waals surface area (Å²) in [7, 11) is 0. The molecule has 0 saturated carbocycles. The normalized spacial score (nSPS) is 11.3. The molecule has 104 valence electrons. The average molecular weight is 355 g/mol. The van der Waals surface area contributed by atoms with Crippen LogP contribution < -0.4 is 0 Å². The van der Waals surface area contributed by atoms with Gasteiger partial charge >= 0.3 is 0 Å². The molecule has 0 saturated heterocycles. The van der Waals surface area contributed by atoms with Crippen LogP contribution in [0.2, 0.25) is 0 Å². The molecule has 2 aromatic heterocycles. The minimum absolute atomic E-state index is 0.294. The van der Waals surface area contributed by atoms with E-state index in [2.05, 4.69) is 26.0 Å². The van der Waals surface area contributed by atoms with Gasteiger partial charge in [0.2, 0.25) is 0 Å². The Morgan fingerprint density at radius 3 is 2.95 bits per heavy atom. The van der Waals surface area contributed by atoms with Crippen molar-refractivity contribution in [2.24, 2.45) is 0 Å². The first-order chi connectivity index (χ1) is 9.65. The van der Waals surface area contributed by atoms with Gasteiger partial charge in [-0.3, -0.25) is 4.68 Å². The third kappa shape index (κ3) is 2.55. The van der Waals surface area contributed by atoms with Gasteiger partial charge in [-0.1, -0.05) is 0 Å². The number of nitrogens with zero attached hydrogens (tertiary/aromatic N) is 3. The quantitative estimate of drug-likeness (QED) is 0.722. The van der Waals surface area contributed by atoms with E-state index < -0.39 is 0 Å². The topological polar surface area (TPSA) is 38.5 Å². The molecule has 4 nitrogen and oxygen atoms in total. The van der Waals surface area contributed by atoms with Crippen molar-refractivity contribution in [3.8, 4) is 0 Å². The lowest BCUT2D eigenvalue weighted by Crippen LogP contribution is -2.04. The zero-order valence-corrected chi connectivity index (χ0v) is 12.9. The van der Waals surface area contributed by atoms with Gasteiger partial charge in [0.15, 0.2) is 4.77 Å². The van der Waals surface area contributed by atoms with Crippen molar-refractivity contribution in [3.05, 3.63) is 45.7 Å². The van der Waals surface area contributed by atoms with E-state index in [1.807, 2.05) is 21.5 Å². The number of aromatic amines is 1. The summed E-state index contributed by atoms with van der Waals surface area (Å²) in [5, 5.41) is 4.16. The maximum atomic E-state index is 13.5. The van der Waals surface area contributed by atoms with Crippen molar-refractivity contribution < 1.29 is 4.39 Å². The van der Waals surface area contributed by atoms with Gasteiger partial charge in [-0.15, -0.1) is 0 Å². The van der Waals surface area contributed by atoms with Crippen LogP contribution >= 0.6 is 28.1 Å². The van der Waals surface area contributed by atoms with Gasteiger partial charge < -0.3 is 9.55 Å². The summed E-state index contributed by atoms with van der Waals surface area (Å²) < 4.78 is 18.4. The highest BCUT2D eigenvalue weighted by molar-refractivity contribution is 9.10. The van der Waals surface area contributed by atoms with Gasteiger partial charge in [0, 0.05) is 31.5 Å². The molecule has 7 heteroatoms. The molecule has 1 N–H and O–H groups in total. The summed E-state index contributed by atoms with van der Waals surface area (Å²) in [6.07, 6.45) is 4.59. The highest BCUT2D eigenvalue weighted by atomic mass is 79.9. The van der Waals surface area contributed by atoms with Crippen molar-refractivity contribution in [3.63, 3.8) is 0 Å². The van der Waals surface area contributed by atoms with E-state index in [1.54, 1.807) is 12.3 Å². The molecule has 0 aliphatic rings. The van der Waals surface area contributed by atoms with E-state index in [0.29, 0.717) is 9.24 Å². The maximum absolute atomic E-state index is 13.5. The van der Waals surface area contributed by atoms with E-state index in [-0.39, 0.29) is 5.82 Å². The summed E-state index contributed by atoms with van der Waals surface area (Å²) >= 11 is 8.51. The molecule has 0 aliphatic carbocycles. The van der Waals surface area contributed by atoms with E-state index in [9.17, 15) is 4.39 Å². The molecule has 3 rings (SSSR count). The minimum atomic E-state index is -0.294. The largest absolute Gasteiger partial charge is 0.330 e. The fraction of sp³-hybridized carbons (Fsp3) is 0.231. The fourth-order valence-corrected chi connectivity index (χ4v) is 2.83. The van der Waals surface area contributed by atoms with Gasteiger partial charge in [-0.2, -0.15) is 5.10 Å². The van der Waals surface area contributed by atoms with Crippen molar-refractivity contribution in [1.29, 1.82) is 0 Å². The lowest BCUT2D eigenvalue weighted by molar-refractivity contribution is 0.530. The second kappa shape index (κ2) is 5.49. The number of halogens is 2. The number of imidazole rings is 1. The smallest absolute Gasteiger partial charge is 0.178 e. The summed E-state index contributed by atoms with van der Waals surface area (Å²) in [6.45, 7) is 1.58. The first-order valence-corrected chi connectivity index (χ1v) is 7.40. The number of H-pyrrole nitrogens is 1. The molecule has 0 fully saturated rings. The van der Waals surface area contributed by atoms with Crippen LogP contribution in [-0.4, -0.2) is 19.3 Å². The molecule has 0 spiro atoms. The minimum Gasteiger partial charge on any atom is -0.330 e. The number of aryl methyl sites for hydroxylation is 2. The van der Waals surface area contributed by atoms with Gasteiger partial charge in [0.25, 0.3) is 0 Å². The monoisotopic (exact) mass is 354 g/mol. The van der Waals surface area contributed by atoms with E-state index in [0.717, 1.165) is 30.5 Å². The number of hydrogen-bond donors (Lipinski definition) is 1. The number of nitrogens with one attached hydrogen (secondary N) is 1. The lowest BCUT2D eigenvalue weighted by Gasteiger charge is -2.05. The van der Waals surface area contributed by atoms with Crippen LogP contribution in [0.3, 0.4) is 0 Å². The molecule has 0 amide bonds. The molecule has 2 heterocycles. The zero-order chi connectivity index (χ0) is 14.1. The van der Waals surface area contributed by atoms with Gasteiger partial charge in [0.1, 0.15) is 5.82 Å². The summed E-state index contributed by atoms with van der Waals surface area (Å²) in [5.41, 5.74) is 1.62. The Labute approximate surface area is 128 Å². The van der Waals surface area contributed by atoms with Crippen molar-refractivity contribution in [1.82, 2.24) is 19.3 Å². The molecule has 0 atom stereocenters. The summed E-state index contributed by atoms with van der Waals surface area (Å²) in [5.74, 6) is -0.294. The molecular weight excluding hydrogens is 343 g/mol. The number of benzene rings is 1. The molecule has 1 aromatic carbocycles. The highest BCUT2D eigenvalue weighted by Crippen LogP contribution is 2.23. The standard InChI is InChI=1S/C13H12BrFN4S/c14-9-7-12-11(8-10(9)15)17-13(20)19(12)6-2-5-18-4-1-3-16-18/h1,3-4,7-8H,2,5-6H2,(H,17,20). The Bertz CT molecular complexity index is 791. The van der Waals surface area contributed by atoms with Crippen molar-refractivity contribution in [2.75, 3.05) is 0 Å². The maximum Gasteiger partial charge on any atom is 0.178 e. The van der Waals surface area contributed by atoms with Crippen molar-refractivity contribution in [2.45, 2.75) is 19.5 Å². The molecule has 3 aromatic rings. The van der Waals surface area contributed by atoms with Gasteiger partial charge in [-0.05, 0) is 46.7 Å². The predicted molar refractivity (Wildman–Crippen MR) is 81.6 cm³/mol. The number of aromatic nitrogens is 4. The Balaban J connectivity index is 1.85. The molecule has 20 heavy (non-hydrogen) atoms. The second-order valence-corrected chi connectivity index (χ2v) is 5.73. The molecule has 0 bridgehead atoms. The third-order valence-corrected chi connectivity index (χ3v) is 4.07. The van der Waals surface area contributed by atoms with Crippen LogP contribution in [0, 0.1) is 10.6 Å². The Hall–Kier alpha value is -1.47. The molecule has 0 unspecified atom stereocenters. The van der Waals surface area contributed by atoms with Crippen molar-refractivity contribution >= 4 is 39.2 Å². The van der Waals surface area contributed by atoms with Gasteiger partial charge in [-0.25, -0.2) is 4.39 Å². The molecule has 0 aliphatic heterocycles. The molecule has 0 radical (unpaired) electrons. The Kier molecular flexibility index (Phi) is 3.71. The average Bonchev–Trinajstić information content (AvgIpc) is 3.01. The second-order valence-electron chi connectivity index (χ2n) is 4.49. The van der Waals surface area contributed by atoms with Crippen LogP contribution in [0.15, 0.2) is 35.1 Å². The number of rotatable bonds is 4. The summed E-state index contributed by atoms with van der Waals surface area (Å²) in [6, 6.07) is 5.11. The SMILES string of the molecule is Fc1cc2[nH]c(=S)n(CCCn3cccn3)c2cc1Br. The van der Waals surface area contributed by atoms with Crippen LogP contribution in [0.1, 0.15) is 6.42 Å². The summed E-state index contributed by atoms with van der Waals surface area (Å²) in [4.78, 5) is 3.03. The number of hydrogen-bond acceptors (Lipinski definition) is 2. The zero-order valence-electron chi connectivity index (χ0n) is 10.5. The van der Waals surface area contributed by atoms with Crippen LogP contribution in [0.25, 0.3) is 11.0 Å².